The Labute approximate surface area is 89.5 Å². The van der Waals surface area contributed by atoms with Gasteiger partial charge in [-0.05, 0) is 23.6 Å². The maximum absolute atomic E-state index is 12.7. The number of hydrogen-bond donors (Lipinski definition) is 1. The van der Waals surface area contributed by atoms with E-state index in [0.29, 0.717) is 0 Å². The molecule has 0 heterocycles. The van der Waals surface area contributed by atoms with Gasteiger partial charge >= 0.3 is 0 Å². The molecule has 1 rings (SSSR count). The fourth-order valence-electron chi connectivity index (χ4n) is 1.52. The lowest BCUT2D eigenvalue weighted by Gasteiger charge is -2.22. The molecule has 3 heteroatoms. The highest BCUT2D eigenvalue weighted by Gasteiger charge is 2.16. The Morgan fingerprint density at radius 3 is 2.20 bits per heavy atom. The number of hydrogen-bond acceptors (Lipinski definition) is 1. The van der Waals surface area contributed by atoms with Gasteiger partial charge in [0.2, 0.25) is 5.91 Å². The van der Waals surface area contributed by atoms with Crippen molar-refractivity contribution >= 4 is 5.91 Å². The van der Waals surface area contributed by atoms with E-state index in [-0.39, 0.29) is 23.7 Å². The van der Waals surface area contributed by atoms with E-state index in [1.54, 1.807) is 12.1 Å². The summed E-state index contributed by atoms with van der Waals surface area (Å²) in [5.41, 5.74) is 0.932. The fraction of sp³-hybridized carbons (Fsp3) is 0.417. The molecule has 0 saturated carbocycles. The summed E-state index contributed by atoms with van der Waals surface area (Å²) >= 11 is 0. The monoisotopic (exact) mass is 209 g/mol. The molecule has 2 nitrogen and oxygen atoms in total. The summed E-state index contributed by atoms with van der Waals surface area (Å²) in [7, 11) is 0. The molecule has 15 heavy (non-hydrogen) atoms. The number of rotatable bonds is 3. The molecule has 0 bridgehead atoms. The maximum atomic E-state index is 12.7. The second-order valence-corrected chi connectivity index (χ2v) is 3.97. The summed E-state index contributed by atoms with van der Waals surface area (Å²) in [6.45, 7) is 5.52. The molecule has 0 aromatic heterocycles. The van der Waals surface area contributed by atoms with Gasteiger partial charge in [-0.25, -0.2) is 4.39 Å². The summed E-state index contributed by atoms with van der Waals surface area (Å²) in [4.78, 5) is 11.0. The molecular formula is C12H16FNO. The fourth-order valence-corrected chi connectivity index (χ4v) is 1.52. The van der Waals surface area contributed by atoms with Crippen molar-refractivity contribution in [2.24, 2.45) is 5.92 Å². The summed E-state index contributed by atoms with van der Waals surface area (Å²) in [6, 6.07) is 6.17. The average Bonchev–Trinajstić information content (AvgIpc) is 2.15. The molecule has 1 aromatic carbocycles. The van der Waals surface area contributed by atoms with Crippen molar-refractivity contribution in [2.45, 2.75) is 26.8 Å². The van der Waals surface area contributed by atoms with Crippen LogP contribution in [0.25, 0.3) is 0 Å². The molecule has 1 amide bonds. The van der Waals surface area contributed by atoms with Crippen molar-refractivity contribution in [3.8, 4) is 0 Å². The topological polar surface area (TPSA) is 29.1 Å². The van der Waals surface area contributed by atoms with E-state index >= 15 is 0 Å². The molecule has 0 spiro atoms. The maximum Gasteiger partial charge on any atom is 0.217 e. The molecule has 0 saturated heterocycles. The van der Waals surface area contributed by atoms with Crippen LogP contribution in [0.2, 0.25) is 0 Å². The molecule has 0 radical (unpaired) electrons. The van der Waals surface area contributed by atoms with Gasteiger partial charge in [0.25, 0.3) is 0 Å². The first-order valence-corrected chi connectivity index (χ1v) is 5.03. The smallest absolute Gasteiger partial charge is 0.217 e. The van der Waals surface area contributed by atoms with Crippen LogP contribution in [0.15, 0.2) is 24.3 Å². The van der Waals surface area contributed by atoms with Crippen LogP contribution in [-0.2, 0) is 4.79 Å². The van der Waals surface area contributed by atoms with Gasteiger partial charge in [-0.1, -0.05) is 26.0 Å². The van der Waals surface area contributed by atoms with Gasteiger partial charge in [0.15, 0.2) is 0 Å². The van der Waals surface area contributed by atoms with E-state index in [1.807, 2.05) is 13.8 Å². The van der Waals surface area contributed by atoms with Crippen LogP contribution in [0.4, 0.5) is 4.39 Å². The minimum Gasteiger partial charge on any atom is -0.349 e. The van der Waals surface area contributed by atoms with Gasteiger partial charge in [-0.15, -0.1) is 0 Å². The summed E-state index contributed by atoms with van der Waals surface area (Å²) in [6.07, 6.45) is 0. The van der Waals surface area contributed by atoms with Crippen molar-refractivity contribution in [1.82, 2.24) is 5.32 Å². The lowest BCUT2D eigenvalue weighted by molar-refractivity contribution is -0.120. The van der Waals surface area contributed by atoms with Gasteiger partial charge < -0.3 is 5.32 Å². The van der Waals surface area contributed by atoms with E-state index in [0.717, 1.165) is 5.56 Å². The normalized spacial score (nSPS) is 12.6. The lowest BCUT2D eigenvalue weighted by atomic mass is 9.96. The van der Waals surface area contributed by atoms with Crippen molar-refractivity contribution < 1.29 is 9.18 Å². The highest BCUT2D eigenvalue weighted by atomic mass is 19.1. The van der Waals surface area contributed by atoms with Crippen LogP contribution in [0, 0.1) is 11.7 Å². The van der Waals surface area contributed by atoms with Gasteiger partial charge in [0.05, 0.1) is 6.04 Å². The van der Waals surface area contributed by atoms with Crippen LogP contribution >= 0.6 is 0 Å². The van der Waals surface area contributed by atoms with Crippen molar-refractivity contribution in [3.63, 3.8) is 0 Å². The second-order valence-electron chi connectivity index (χ2n) is 3.97. The number of carbonyl (C=O) groups excluding carboxylic acids is 1. The van der Waals surface area contributed by atoms with Crippen LogP contribution in [0.1, 0.15) is 32.4 Å². The van der Waals surface area contributed by atoms with Crippen LogP contribution in [0.5, 0.6) is 0 Å². The quantitative estimate of drug-likeness (QED) is 0.814. The molecular weight excluding hydrogens is 193 g/mol. The number of carbonyl (C=O) groups is 1. The number of nitrogens with one attached hydrogen (secondary N) is 1. The zero-order chi connectivity index (χ0) is 11.4. The third kappa shape index (κ3) is 3.35. The zero-order valence-corrected chi connectivity index (χ0v) is 9.25. The van der Waals surface area contributed by atoms with E-state index < -0.39 is 0 Å². The Hall–Kier alpha value is -1.38. The van der Waals surface area contributed by atoms with E-state index in [2.05, 4.69) is 5.32 Å². The minimum atomic E-state index is -0.260. The molecule has 82 valence electrons. The highest BCUT2D eigenvalue weighted by Crippen LogP contribution is 2.21. The third-order valence-corrected chi connectivity index (χ3v) is 2.25. The summed E-state index contributed by atoms with van der Waals surface area (Å²) < 4.78 is 12.7. The SMILES string of the molecule is CC(=O)NC(c1ccc(F)cc1)C(C)C. The van der Waals surface area contributed by atoms with Crippen molar-refractivity contribution in [3.05, 3.63) is 35.6 Å². The average molecular weight is 209 g/mol. The Morgan fingerprint density at radius 2 is 1.80 bits per heavy atom. The van der Waals surface area contributed by atoms with Crippen LogP contribution < -0.4 is 5.32 Å². The Bertz CT molecular complexity index is 332. The summed E-state index contributed by atoms with van der Waals surface area (Å²) in [5, 5.41) is 2.85. The predicted octanol–water partition coefficient (Wildman–Crippen LogP) is 2.66. The first-order valence-electron chi connectivity index (χ1n) is 5.03. The minimum absolute atomic E-state index is 0.0527. The van der Waals surface area contributed by atoms with Gasteiger partial charge in [0.1, 0.15) is 5.82 Å². The largest absolute Gasteiger partial charge is 0.349 e. The Balaban J connectivity index is 2.88. The molecule has 0 aliphatic heterocycles. The van der Waals surface area contributed by atoms with Crippen molar-refractivity contribution in [2.75, 3.05) is 0 Å². The zero-order valence-electron chi connectivity index (χ0n) is 9.25. The molecule has 0 aliphatic rings. The number of benzene rings is 1. The molecule has 1 aromatic rings. The van der Waals surface area contributed by atoms with Gasteiger partial charge in [-0.2, -0.15) is 0 Å². The Kier molecular flexibility index (Phi) is 3.83. The highest BCUT2D eigenvalue weighted by molar-refractivity contribution is 5.73. The molecule has 1 unspecified atom stereocenters. The van der Waals surface area contributed by atoms with E-state index in [4.69, 9.17) is 0 Å². The molecule has 0 aliphatic carbocycles. The van der Waals surface area contributed by atoms with Crippen molar-refractivity contribution in [1.29, 1.82) is 0 Å². The number of amides is 1. The number of halogens is 1. The first kappa shape index (κ1) is 11.7. The van der Waals surface area contributed by atoms with Crippen LogP contribution in [0.3, 0.4) is 0 Å². The van der Waals surface area contributed by atoms with Gasteiger partial charge in [0, 0.05) is 6.92 Å². The second kappa shape index (κ2) is 4.91. The molecule has 0 fully saturated rings. The van der Waals surface area contributed by atoms with E-state index in [9.17, 15) is 9.18 Å². The molecule has 1 atom stereocenters. The third-order valence-electron chi connectivity index (χ3n) is 2.25. The van der Waals surface area contributed by atoms with Gasteiger partial charge in [-0.3, -0.25) is 4.79 Å². The predicted molar refractivity (Wildman–Crippen MR) is 57.8 cm³/mol. The molecule has 1 N–H and O–H groups in total. The first-order chi connectivity index (χ1) is 7.00. The summed E-state index contributed by atoms with van der Waals surface area (Å²) in [5.74, 6) is -0.0542. The lowest BCUT2D eigenvalue weighted by Crippen LogP contribution is -2.29. The Morgan fingerprint density at radius 1 is 1.27 bits per heavy atom. The van der Waals surface area contributed by atoms with E-state index in [1.165, 1.54) is 19.1 Å². The van der Waals surface area contributed by atoms with Crippen LogP contribution in [-0.4, -0.2) is 5.91 Å². The standard InChI is InChI=1S/C12H16FNO/c1-8(2)12(14-9(3)15)10-4-6-11(13)7-5-10/h4-8,12H,1-3H3,(H,14,15).